The Morgan fingerprint density at radius 2 is 1.83 bits per heavy atom. The highest BCUT2D eigenvalue weighted by Gasteiger charge is 2.14. The molecule has 0 spiro atoms. The van der Waals surface area contributed by atoms with E-state index in [2.05, 4.69) is 32.9 Å². The van der Waals surface area contributed by atoms with Gasteiger partial charge in [-0.3, -0.25) is 4.79 Å². The molecule has 7 heteroatoms. The number of benzene rings is 2. The van der Waals surface area contributed by atoms with E-state index in [9.17, 15) is 4.79 Å². The molecule has 1 saturated carbocycles. The lowest BCUT2D eigenvalue weighted by Gasteiger charge is -2.18. The average molecular weight is 388 g/mol. The van der Waals surface area contributed by atoms with Crippen LogP contribution in [0.15, 0.2) is 59.7 Å². The van der Waals surface area contributed by atoms with E-state index in [0.717, 1.165) is 48.4 Å². The van der Waals surface area contributed by atoms with Crippen molar-refractivity contribution < 1.29 is 4.79 Å². The first kappa shape index (κ1) is 19.0. The lowest BCUT2D eigenvalue weighted by atomic mass is 9.90. The summed E-state index contributed by atoms with van der Waals surface area (Å²) in [5.41, 5.74) is 6.27. The summed E-state index contributed by atoms with van der Waals surface area (Å²) in [6, 6.07) is 17.1. The van der Waals surface area contributed by atoms with Crippen molar-refractivity contribution in [2.24, 2.45) is 11.0 Å². The van der Waals surface area contributed by atoms with Gasteiger partial charge in [0.1, 0.15) is 0 Å². The summed E-state index contributed by atoms with van der Waals surface area (Å²) in [4.78, 5) is 13.9. The van der Waals surface area contributed by atoms with Crippen LogP contribution in [-0.2, 0) is 6.54 Å². The van der Waals surface area contributed by atoms with Crippen LogP contribution in [0.1, 0.15) is 48.5 Å². The molecular formula is C22H24N6O. The molecular weight excluding hydrogens is 364 g/mol. The minimum atomic E-state index is -0.187. The predicted molar refractivity (Wildman–Crippen MR) is 111 cm³/mol. The van der Waals surface area contributed by atoms with Crippen LogP contribution in [0.25, 0.3) is 11.4 Å². The molecule has 0 unspecified atom stereocenters. The highest BCUT2D eigenvalue weighted by molar-refractivity contribution is 5.95. The van der Waals surface area contributed by atoms with Gasteiger partial charge >= 0.3 is 0 Å². The van der Waals surface area contributed by atoms with Gasteiger partial charge in [0.2, 0.25) is 5.82 Å². The maximum atomic E-state index is 12.3. The number of hydrazone groups is 1. The van der Waals surface area contributed by atoms with Crippen molar-refractivity contribution in [2.45, 2.75) is 39.2 Å². The first-order chi connectivity index (χ1) is 14.2. The van der Waals surface area contributed by atoms with Crippen LogP contribution in [0.3, 0.4) is 0 Å². The van der Waals surface area contributed by atoms with E-state index in [1.165, 1.54) is 0 Å². The third-order valence-electron chi connectivity index (χ3n) is 5.19. The third kappa shape index (κ3) is 4.93. The number of carbonyl (C=O) groups is 1. The molecule has 1 heterocycles. The first-order valence-electron chi connectivity index (χ1n) is 9.95. The Labute approximate surface area is 169 Å². The second-order valence-corrected chi connectivity index (χ2v) is 7.51. The van der Waals surface area contributed by atoms with E-state index >= 15 is 0 Å². The summed E-state index contributed by atoms with van der Waals surface area (Å²) in [6.45, 7) is 2.75. The van der Waals surface area contributed by atoms with Gasteiger partial charge in [-0.15, -0.1) is 10.2 Å². The van der Waals surface area contributed by atoms with Gasteiger partial charge in [0.15, 0.2) is 0 Å². The van der Waals surface area contributed by atoms with Crippen LogP contribution in [0.4, 0.5) is 0 Å². The molecule has 7 nitrogen and oxygen atoms in total. The van der Waals surface area contributed by atoms with Crippen LogP contribution in [0.2, 0.25) is 0 Å². The van der Waals surface area contributed by atoms with Gasteiger partial charge in [0, 0.05) is 16.8 Å². The van der Waals surface area contributed by atoms with Crippen molar-refractivity contribution in [1.29, 1.82) is 0 Å². The molecule has 0 radical (unpaired) electrons. The fourth-order valence-corrected chi connectivity index (χ4v) is 3.34. The Balaban J connectivity index is 1.35. The molecule has 0 bridgehead atoms. The standard InChI is InChI=1S/C22H24N6O/c1-16-7-13-20(14-8-16)23-25-22(29)19-11-9-17(10-12-19)15-28-26-21(24-27-28)18-5-3-2-4-6-18/h2-6,9-12,16H,7-8,13-15H2,1H3,(H,25,29). The molecule has 3 aromatic rings. The average Bonchev–Trinajstić information content (AvgIpc) is 3.23. The molecule has 29 heavy (non-hydrogen) atoms. The molecule has 4 rings (SSSR count). The zero-order valence-electron chi connectivity index (χ0n) is 16.5. The topological polar surface area (TPSA) is 85.1 Å². The second-order valence-electron chi connectivity index (χ2n) is 7.51. The Kier molecular flexibility index (Phi) is 5.74. The van der Waals surface area contributed by atoms with E-state index < -0.39 is 0 Å². The van der Waals surface area contributed by atoms with E-state index in [1.807, 2.05) is 42.5 Å². The van der Waals surface area contributed by atoms with Gasteiger partial charge in [-0.2, -0.15) is 9.90 Å². The van der Waals surface area contributed by atoms with E-state index in [0.29, 0.717) is 17.9 Å². The molecule has 0 saturated heterocycles. The van der Waals surface area contributed by atoms with Gasteiger partial charge in [-0.1, -0.05) is 49.4 Å². The summed E-state index contributed by atoms with van der Waals surface area (Å²) in [5, 5.41) is 16.9. The minimum absolute atomic E-state index is 0.187. The number of amides is 1. The number of hydrogen-bond acceptors (Lipinski definition) is 5. The maximum absolute atomic E-state index is 12.3. The summed E-state index contributed by atoms with van der Waals surface area (Å²) < 4.78 is 0. The molecule has 1 fully saturated rings. The van der Waals surface area contributed by atoms with Crippen LogP contribution in [-0.4, -0.2) is 31.8 Å². The smallest absolute Gasteiger partial charge is 0.267 e. The van der Waals surface area contributed by atoms with Crippen LogP contribution in [0, 0.1) is 5.92 Å². The largest absolute Gasteiger partial charge is 0.271 e. The Bertz CT molecular complexity index is 984. The molecule has 1 aliphatic rings. The van der Waals surface area contributed by atoms with E-state index in [4.69, 9.17) is 0 Å². The predicted octanol–water partition coefficient (Wildman–Crippen LogP) is 3.68. The molecule has 0 aliphatic heterocycles. The summed E-state index contributed by atoms with van der Waals surface area (Å²) in [7, 11) is 0. The SMILES string of the molecule is CC1CCC(=NNC(=O)c2ccc(Cn3nnc(-c4ccccc4)n3)cc2)CC1. The fraction of sp³-hybridized carbons (Fsp3) is 0.318. The summed E-state index contributed by atoms with van der Waals surface area (Å²) in [6.07, 6.45) is 4.23. The molecule has 148 valence electrons. The highest BCUT2D eigenvalue weighted by Crippen LogP contribution is 2.21. The van der Waals surface area contributed by atoms with Crippen LogP contribution < -0.4 is 5.43 Å². The molecule has 1 N–H and O–H groups in total. The lowest BCUT2D eigenvalue weighted by molar-refractivity contribution is 0.0954. The molecule has 1 aliphatic carbocycles. The van der Waals surface area contributed by atoms with Crippen molar-refractivity contribution in [1.82, 2.24) is 25.6 Å². The van der Waals surface area contributed by atoms with Crippen molar-refractivity contribution in [3.63, 3.8) is 0 Å². The lowest BCUT2D eigenvalue weighted by Crippen LogP contribution is -2.21. The highest BCUT2D eigenvalue weighted by atomic mass is 16.2. The number of aromatic nitrogens is 4. The molecule has 1 aromatic heterocycles. The maximum Gasteiger partial charge on any atom is 0.271 e. The third-order valence-corrected chi connectivity index (χ3v) is 5.19. The van der Waals surface area contributed by atoms with Crippen molar-refractivity contribution in [3.8, 4) is 11.4 Å². The van der Waals surface area contributed by atoms with Gasteiger partial charge in [0.05, 0.1) is 6.54 Å². The van der Waals surface area contributed by atoms with Gasteiger partial charge in [0.25, 0.3) is 5.91 Å². The summed E-state index contributed by atoms with van der Waals surface area (Å²) >= 11 is 0. The summed E-state index contributed by atoms with van der Waals surface area (Å²) in [5.74, 6) is 1.16. The van der Waals surface area contributed by atoms with Crippen molar-refractivity contribution in [2.75, 3.05) is 0 Å². The fourth-order valence-electron chi connectivity index (χ4n) is 3.34. The number of rotatable bonds is 5. The van der Waals surface area contributed by atoms with Crippen molar-refractivity contribution >= 4 is 11.6 Å². The monoisotopic (exact) mass is 388 g/mol. The normalized spacial score (nSPS) is 16.4. The van der Waals surface area contributed by atoms with Gasteiger partial charge in [-0.25, -0.2) is 5.43 Å². The first-order valence-corrected chi connectivity index (χ1v) is 9.95. The molecule has 0 atom stereocenters. The molecule has 2 aromatic carbocycles. The van der Waals surface area contributed by atoms with Crippen LogP contribution in [0.5, 0.6) is 0 Å². The Morgan fingerprint density at radius 3 is 2.55 bits per heavy atom. The van der Waals surface area contributed by atoms with E-state index in [1.54, 1.807) is 16.9 Å². The minimum Gasteiger partial charge on any atom is -0.267 e. The zero-order chi connectivity index (χ0) is 20.1. The van der Waals surface area contributed by atoms with E-state index in [-0.39, 0.29) is 5.91 Å². The number of tetrazole rings is 1. The van der Waals surface area contributed by atoms with Crippen molar-refractivity contribution in [3.05, 3.63) is 65.7 Å². The number of hydrogen-bond donors (Lipinski definition) is 1. The Morgan fingerprint density at radius 1 is 1.10 bits per heavy atom. The number of carbonyl (C=O) groups excluding carboxylic acids is 1. The number of nitrogens with zero attached hydrogens (tertiary/aromatic N) is 5. The zero-order valence-corrected chi connectivity index (χ0v) is 16.5. The second kappa shape index (κ2) is 8.77. The molecule has 1 amide bonds. The van der Waals surface area contributed by atoms with Crippen LogP contribution >= 0.6 is 0 Å². The quantitative estimate of drug-likeness (QED) is 0.676. The van der Waals surface area contributed by atoms with Gasteiger partial charge < -0.3 is 0 Å². The van der Waals surface area contributed by atoms with Gasteiger partial charge in [-0.05, 0) is 54.5 Å². The number of nitrogens with one attached hydrogen (secondary N) is 1. The Hall–Kier alpha value is -3.35.